The largest absolute Gasteiger partial charge is 0.463 e. The minimum atomic E-state index is -0.995. The van der Waals surface area contributed by atoms with Gasteiger partial charge in [-0.3, -0.25) is 4.79 Å². The third-order valence-electron chi connectivity index (χ3n) is 1.50. The molecule has 0 spiro atoms. The Morgan fingerprint density at radius 2 is 1.80 bits per heavy atom. The fourth-order valence-corrected chi connectivity index (χ4v) is 0.637. The third kappa shape index (κ3) is 6.73. The monoisotopic (exact) mass is 219 g/mol. The standard InChI is InChI=1S/C9H17NO5/c1-6(2)8(12)14-4-7(11)5-15-9(13)10-3/h6-7,11H,4-5H2,1-3H3,(H,10,13). The molecule has 15 heavy (non-hydrogen) atoms. The van der Waals surface area contributed by atoms with Crippen LogP contribution < -0.4 is 5.32 Å². The predicted octanol–water partition coefficient (Wildman–Crippen LogP) is -0.0975. The average Bonchev–Trinajstić information content (AvgIpc) is 2.21. The van der Waals surface area contributed by atoms with Crippen molar-refractivity contribution in [3.63, 3.8) is 0 Å². The van der Waals surface area contributed by atoms with Crippen molar-refractivity contribution in [2.45, 2.75) is 20.0 Å². The van der Waals surface area contributed by atoms with Gasteiger partial charge in [-0.2, -0.15) is 0 Å². The van der Waals surface area contributed by atoms with Crippen LogP contribution in [0.3, 0.4) is 0 Å². The van der Waals surface area contributed by atoms with Gasteiger partial charge >= 0.3 is 12.1 Å². The number of ether oxygens (including phenoxy) is 2. The number of alkyl carbamates (subject to hydrolysis) is 1. The molecular formula is C9H17NO5. The highest BCUT2D eigenvalue weighted by atomic mass is 16.6. The second kappa shape index (κ2) is 7.05. The van der Waals surface area contributed by atoms with Crippen LogP contribution in [0, 0.1) is 5.92 Å². The van der Waals surface area contributed by atoms with Crippen LogP contribution in [0.15, 0.2) is 0 Å². The minimum absolute atomic E-state index is 0.173. The van der Waals surface area contributed by atoms with E-state index < -0.39 is 18.2 Å². The maximum atomic E-state index is 11.0. The lowest BCUT2D eigenvalue weighted by Crippen LogP contribution is -2.29. The quantitative estimate of drug-likeness (QED) is 0.631. The molecule has 0 aromatic heterocycles. The maximum Gasteiger partial charge on any atom is 0.406 e. The zero-order valence-electron chi connectivity index (χ0n) is 9.15. The number of amides is 1. The number of carbonyl (C=O) groups is 2. The van der Waals surface area contributed by atoms with Crippen LogP contribution in [-0.4, -0.2) is 43.5 Å². The van der Waals surface area contributed by atoms with Crippen molar-refractivity contribution in [2.75, 3.05) is 20.3 Å². The van der Waals surface area contributed by atoms with Crippen LogP contribution >= 0.6 is 0 Å². The Kier molecular flexibility index (Phi) is 6.44. The van der Waals surface area contributed by atoms with E-state index in [1.807, 2.05) is 0 Å². The fourth-order valence-electron chi connectivity index (χ4n) is 0.637. The van der Waals surface area contributed by atoms with E-state index in [4.69, 9.17) is 4.74 Å². The second-order valence-electron chi connectivity index (χ2n) is 3.29. The summed E-state index contributed by atoms with van der Waals surface area (Å²) >= 11 is 0. The highest BCUT2D eigenvalue weighted by Gasteiger charge is 2.13. The first-order valence-corrected chi connectivity index (χ1v) is 4.66. The molecule has 0 radical (unpaired) electrons. The molecular weight excluding hydrogens is 202 g/mol. The van der Waals surface area contributed by atoms with Crippen LogP contribution in [-0.2, 0) is 14.3 Å². The SMILES string of the molecule is CNC(=O)OCC(O)COC(=O)C(C)C. The van der Waals surface area contributed by atoms with Gasteiger partial charge < -0.3 is 19.9 Å². The van der Waals surface area contributed by atoms with Crippen molar-refractivity contribution in [3.8, 4) is 0 Å². The van der Waals surface area contributed by atoms with Gasteiger partial charge in [-0.1, -0.05) is 13.8 Å². The number of rotatable bonds is 5. The van der Waals surface area contributed by atoms with E-state index >= 15 is 0 Å². The average molecular weight is 219 g/mol. The van der Waals surface area contributed by atoms with Crippen LogP contribution in [0.2, 0.25) is 0 Å². The summed E-state index contributed by atoms with van der Waals surface area (Å²) in [5, 5.41) is 11.5. The lowest BCUT2D eigenvalue weighted by Gasteiger charge is -2.12. The molecule has 6 nitrogen and oxygen atoms in total. The van der Waals surface area contributed by atoms with E-state index in [2.05, 4.69) is 10.1 Å². The van der Waals surface area contributed by atoms with E-state index in [-0.39, 0.29) is 19.1 Å². The third-order valence-corrected chi connectivity index (χ3v) is 1.50. The normalized spacial score (nSPS) is 12.1. The summed E-state index contributed by atoms with van der Waals surface area (Å²) in [6.45, 7) is 3.00. The molecule has 0 aliphatic rings. The Bertz CT molecular complexity index is 217. The number of carbonyl (C=O) groups excluding carboxylic acids is 2. The molecule has 0 saturated heterocycles. The van der Waals surface area contributed by atoms with Crippen molar-refractivity contribution >= 4 is 12.1 Å². The van der Waals surface area contributed by atoms with E-state index in [9.17, 15) is 14.7 Å². The van der Waals surface area contributed by atoms with E-state index in [1.54, 1.807) is 13.8 Å². The van der Waals surface area contributed by atoms with Crippen molar-refractivity contribution in [1.29, 1.82) is 0 Å². The van der Waals surface area contributed by atoms with Gasteiger partial charge in [0, 0.05) is 7.05 Å². The van der Waals surface area contributed by atoms with Gasteiger partial charge in [-0.25, -0.2) is 4.79 Å². The summed E-state index contributed by atoms with van der Waals surface area (Å²) < 4.78 is 9.28. The first kappa shape index (κ1) is 13.7. The number of hydrogen-bond acceptors (Lipinski definition) is 5. The van der Waals surface area contributed by atoms with Crippen molar-refractivity contribution in [3.05, 3.63) is 0 Å². The second-order valence-corrected chi connectivity index (χ2v) is 3.29. The van der Waals surface area contributed by atoms with Gasteiger partial charge in [0.05, 0.1) is 5.92 Å². The Hall–Kier alpha value is -1.30. The van der Waals surface area contributed by atoms with Crippen LogP contribution in [0.5, 0.6) is 0 Å². The van der Waals surface area contributed by atoms with Crippen molar-refractivity contribution in [2.24, 2.45) is 5.92 Å². The smallest absolute Gasteiger partial charge is 0.406 e. The molecule has 1 atom stereocenters. The molecule has 0 fully saturated rings. The minimum Gasteiger partial charge on any atom is -0.463 e. The summed E-state index contributed by atoms with van der Waals surface area (Å²) in [6.07, 6.45) is -1.63. The molecule has 88 valence electrons. The first-order chi connectivity index (χ1) is 6.97. The maximum absolute atomic E-state index is 11.0. The van der Waals surface area contributed by atoms with Gasteiger partial charge in [0.15, 0.2) is 0 Å². The Morgan fingerprint density at radius 3 is 2.27 bits per heavy atom. The molecule has 0 saturated carbocycles. The van der Waals surface area contributed by atoms with E-state index in [1.165, 1.54) is 7.05 Å². The lowest BCUT2D eigenvalue weighted by molar-refractivity contribution is -0.150. The highest BCUT2D eigenvalue weighted by Crippen LogP contribution is 1.97. The molecule has 0 bridgehead atoms. The number of aliphatic hydroxyl groups is 1. The zero-order valence-corrected chi connectivity index (χ0v) is 9.15. The Morgan fingerprint density at radius 1 is 1.27 bits per heavy atom. The molecule has 1 amide bonds. The van der Waals surface area contributed by atoms with Crippen molar-refractivity contribution < 1.29 is 24.2 Å². The zero-order chi connectivity index (χ0) is 11.8. The van der Waals surface area contributed by atoms with Crippen LogP contribution in [0.1, 0.15) is 13.8 Å². The Labute approximate surface area is 88.6 Å². The van der Waals surface area contributed by atoms with Crippen molar-refractivity contribution in [1.82, 2.24) is 5.32 Å². The van der Waals surface area contributed by atoms with Gasteiger partial charge in [0.1, 0.15) is 19.3 Å². The Balaban J connectivity index is 3.61. The molecule has 1 unspecified atom stereocenters. The summed E-state index contributed by atoms with van der Waals surface area (Å²) in [6, 6.07) is 0. The number of aliphatic hydroxyl groups excluding tert-OH is 1. The van der Waals surface area contributed by atoms with E-state index in [0.717, 1.165) is 0 Å². The molecule has 0 aromatic carbocycles. The van der Waals surface area contributed by atoms with Crippen LogP contribution in [0.25, 0.3) is 0 Å². The fraction of sp³-hybridized carbons (Fsp3) is 0.778. The summed E-state index contributed by atoms with van der Waals surface area (Å²) in [4.78, 5) is 21.6. The van der Waals surface area contributed by atoms with Gasteiger partial charge in [-0.05, 0) is 0 Å². The summed E-state index contributed by atoms with van der Waals surface area (Å²) in [7, 11) is 1.41. The number of hydrogen-bond donors (Lipinski definition) is 2. The first-order valence-electron chi connectivity index (χ1n) is 4.66. The molecule has 6 heteroatoms. The lowest BCUT2D eigenvalue weighted by atomic mass is 10.2. The van der Waals surface area contributed by atoms with Gasteiger partial charge in [0.2, 0.25) is 0 Å². The molecule has 0 rings (SSSR count). The van der Waals surface area contributed by atoms with Crippen LogP contribution in [0.4, 0.5) is 4.79 Å². The highest BCUT2D eigenvalue weighted by molar-refractivity contribution is 5.71. The summed E-state index contributed by atoms with van der Waals surface area (Å²) in [5.74, 6) is -0.633. The van der Waals surface area contributed by atoms with E-state index in [0.29, 0.717) is 0 Å². The molecule has 0 aromatic rings. The van der Waals surface area contributed by atoms with Gasteiger partial charge in [0.25, 0.3) is 0 Å². The molecule has 0 aliphatic carbocycles. The number of nitrogens with one attached hydrogen (secondary N) is 1. The summed E-state index contributed by atoms with van der Waals surface area (Å²) in [5.41, 5.74) is 0. The topological polar surface area (TPSA) is 84.9 Å². The molecule has 2 N–H and O–H groups in total. The molecule has 0 heterocycles. The predicted molar refractivity (Wildman–Crippen MR) is 52.2 cm³/mol. The number of esters is 1. The molecule has 0 aliphatic heterocycles. The van der Waals surface area contributed by atoms with Gasteiger partial charge in [-0.15, -0.1) is 0 Å².